The fourth-order valence-corrected chi connectivity index (χ4v) is 9.06. The highest BCUT2D eigenvalue weighted by Gasteiger charge is 2.29. The normalized spacial score (nSPS) is 13.9. The minimum absolute atomic E-state index is 0.0212. The van der Waals surface area contributed by atoms with Gasteiger partial charge in [-0.1, -0.05) is 38.1 Å². The van der Waals surface area contributed by atoms with Crippen LogP contribution in [0.1, 0.15) is 86.0 Å². The number of amides is 9. The molecule has 85 heavy (non-hydrogen) atoms. The number of carbonyl (C=O) groups excluding carboxylic acids is 8. The molecule has 4 heterocycles. The third-order valence-corrected chi connectivity index (χ3v) is 13.7. The largest absolute Gasteiger partial charge is 0.445 e. The van der Waals surface area contributed by atoms with E-state index in [9.17, 15) is 38.4 Å². The molecule has 0 aliphatic carbocycles. The van der Waals surface area contributed by atoms with Crippen LogP contribution in [0.3, 0.4) is 0 Å². The number of hydrogen-bond acceptors (Lipinski definition) is 18. The van der Waals surface area contributed by atoms with Crippen molar-refractivity contribution in [1.82, 2.24) is 41.1 Å². The van der Waals surface area contributed by atoms with Gasteiger partial charge in [0.1, 0.15) is 18.7 Å². The lowest BCUT2D eigenvalue weighted by molar-refractivity contribution is -0.137. The van der Waals surface area contributed by atoms with Gasteiger partial charge in [-0.2, -0.15) is 0 Å². The highest BCUT2D eigenvalue weighted by atomic mass is 16.6. The number of benzene rings is 2. The molecule has 2 aliphatic heterocycles. The van der Waals surface area contributed by atoms with Crippen LogP contribution in [-0.2, 0) is 67.1 Å². The van der Waals surface area contributed by atoms with E-state index in [-0.39, 0.29) is 94.8 Å². The first kappa shape index (κ1) is 65.6. The SMILES string of the molecule is CC(C)[C@H](NC(=O)CCOCCOCCOCCOCCN1C(=O)C=CC1=O)C(=O)N[C@@H](CCCNC(N)=O)C(=O)Nc1ccc(COC(=O)NCCCCc2ccc3cc2CCCCN(C)c2ccncc2NC(=O)c2nc-3cnc2N)cc1. The molecule has 26 nitrogen and oxygen atoms in total. The van der Waals surface area contributed by atoms with Crippen molar-refractivity contribution in [2.75, 3.05) is 107 Å². The molecule has 0 saturated heterocycles. The number of fused-ring (bicyclic) bond motifs is 6. The zero-order chi connectivity index (χ0) is 60.9. The second-order valence-electron chi connectivity index (χ2n) is 20.5. The molecule has 2 aliphatic rings. The zero-order valence-electron chi connectivity index (χ0n) is 48.5. The summed E-state index contributed by atoms with van der Waals surface area (Å²) >= 11 is 0. The van der Waals surface area contributed by atoms with Gasteiger partial charge < -0.3 is 72.0 Å². The molecule has 2 aromatic carbocycles. The molecule has 6 rings (SSSR count). The molecule has 10 N–H and O–H groups in total. The Labute approximate surface area is 494 Å². The van der Waals surface area contributed by atoms with Crippen molar-refractivity contribution in [3.63, 3.8) is 0 Å². The molecular weight excluding hydrogens is 1100 g/mol. The fourth-order valence-electron chi connectivity index (χ4n) is 9.06. The van der Waals surface area contributed by atoms with Crippen molar-refractivity contribution >= 4 is 70.4 Å². The van der Waals surface area contributed by atoms with E-state index in [1.165, 1.54) is 23.3 Å². The van der Waals surface area contributed by atoms with Crippen LogP contribution < -0.4 is 48.3 Å². The quantitative estimate of drug-likeness (QED) is 0.0255. The number of nitrogens with one attached hydrogen (secondary N) is 6. The number of carbonyl (C=O) groups is 8. The van der Waals surface area contributed by atoms with E-state index in [4.69, 9.17) is 35.2 Å². The van der Waals surface area contributed by atoms with E-state index in [0.29, 0.717) is 61.8 Å². The molecule has 4 bridgehead atoms. The van der Waals surface area contributed by atoms with Crippen LogP contribution in [0, 0.1) is 5.92 Å². The Morgan fingerprint density at radius 2 is 1.47 bits per heavy atom. The molecule has 9 amide bonds. The van der Waals surface area contributed by atoms with Gasteiger partial charge >= 0.3 is 12.1 Å². The van der Waals surface area contributed by atoms with E-state index in [0.717, 1.165) is 54.8 Å². The number of rotatable bonds is 32. The van der Waals surface area contributed by atoms with Crippen LogP contribution in [0.25, 0.3) is 11.3 Å². The molecule has 0 radical (unpaired) electrons. The lowest BCUT2D eigenvalue weighted by Gasteiger charge is -2.25. The van der Waals surface area contributed by atoms with Gasteiger partial charge in [-0.15, -0.1) is 0 Å². The number of nitrogens with two attached hydrogens (primary N) is 2. The number of unbranched alkanes of at least 4 members (excludes halogenated alkanes) is 1. The number of aromatic nitrogens is 3. The topological polar surface area (TPSA) is 352 Å². The Balaban J connectivity index is 0.882. The lowest BCUT2D eigenvalue weighted by atomic mass is 9.94. The Bertz CT molecular complexity index is 2910. The maximum Gasteiger partial charge on any atom is 0.407 e. The number of primary amides is 1. The molecular formula is C59H79N13O13. The van der Waals surface area contributed by atoms with Crippen LogP contribution >= 0.6 is 0 Å². The Hall–Kier alpha value is -8.59. The maximum absolute atomic E-state index is 13.7. The Morgan fingerprint density at radius 3 is 2.18 bits per heavy atom. The number of anilines is 4. The van der Waals surface area contributed by atoms with Crippen molar-refractivity contribution in [1.29, 1.82) is 0 Å². The number of pyridine rings is 1. The number of alkyl carbamates (subject to hydrolysis) is 1. The van der Waals surface area contributed by atoms with E-state index in [1.54, 1.807) is 56.7 Å². The second kappa shape index (κ2) is 34.9. The van der Waals surface area contributed by atoms with Crippen LogP contribution in [0.5, 0.6) is 0 Å². The molecule has 0 fully saturated rings. The monoisotopic (exact) mass is 1180 g/mol. The van der Waals surface area contributed by atoms with Gasteiger partial charge in [0, 0.05) is 62.7 Å². The van der Waals surface area contributed by atoms with Gasteiger partial charge in [-0.3, -0.25) is 38.7 Å². The molecule has 0 spiro atoms. The summed E-state index contributed by atoms with van der Waals surface area (Å²) in [5.41, 5.74) is 17.6. The number of aryl methyl sites for hydroxylation is 2. The van der Waals surface area contributed by atoms with Gasteiger partial charge in [0.05, 0.1) is 88.9 Å². The summed E-state index contributed by atoms with van der Waals surface area (Å²) < 4.78 is 27.4. The van der Waals surface area contributed by atoms with E-state index >= 15 is 0 Å². The van der Waals surface area contributed by atoms with E-state index < -0.39 is 47.8 Å². The summed E-state index contributed by atoms with van der Waals surface area (Å²) in [7, 11) is 1.98. The van der Waals surface area contributed by atoms with Crippen molar-refractivity contribution in [2.45, 2.75) is 90.3 Å². The van der Waals surface area contributed by atoms with Crippen molar-refractivity contribution in [3.05, 3.63) is 102 Å². The number of nitrogen functional groups attached to an aromatic ring is 1. The van der Waals surface area contributed by atoms with Gasteiger partial charge in [-0.05, 0) is 98.2 Å². The van der Waals surface area contributed by atoms with Gasteiger partial charge in [0.25, 0.3) is 17.7 Å². The number of urea groups is 1. The van der Waals surface area contributed by atoms with Gasteiger partial charge in [0.2, 0.25) is 17.7 Å². The average Bonchev–Trinajstić information content (AvgIpc) is 3.43. The third kappa shape index (κ3) is 22.2. The first-order valence-corrected chi connectivity index (χ1v) is 28.6. The standard InChI is InChI=1S/C59H79N13O13/c1-39(2)52(70-49(73)21-27-81-29-31-83-33-34-84-32-30-82-28-26-72-50(74)18-19-51(72)75)56(77)68-45(11-8-23-63-58(61)79)55(76)66-44-16-12-40(13-17-44)38-85-59(80)64-22-6-4-9-41-14-15-43-35-42(41)10-5-7-25-71(3)48-20-24-62-36-47(48)69-57(78)53-54(60)65-37-46(43)67-53/h12-20,24,35-37,39,45,52H,4-11,21-23,25-34,38H2,1-3H3,(H2,60,65)(H,64,80)(H,66,76)(H,68,77)(H,69,78)(H,70,73)(H3,61,63,79)/t45-,52-/m0/s1. The predicted molar refractivity (Wildman–Crippen MR) is 316 cm³/mol. The second-order valence-corrected chi connectivity index (χ2v) is 20.5. The number of nitrogens with zero attached hydrogens (tertiary/aromatic N) is 5. The van der Waals surface area contributed by atoms with E-state index in [2.05, 4.69) is 63.9 Å². The van der Waals surface area contributed by atoms with Crippen molar-refractivity contribution in [3.8, 4) is 11.3 Å². The maximum atomic E-state index is 13.7. The molecule has 0 unspecified atom stereocenters. The summed E-state index contributed by atoms with van der Waals surface area (Å²) in [4.78, 5) is 117. The van der Waals surface area contributed by atoms with Gasteiger partial charge in [-0.25, -0.2) is 19.6 Å². The molecule has 2 aromatic heterocycles. The predicted octanol–water partition coefficient (Wildman–Crippen LogP) is 3.79. The zero-order valence-corrected chi connectivity index (χ0v) is 48.5. The first-order chi connectivity index (χ1) is 41.1. The van der Waals surface area contributed by atoms with Crippen LogP contribution in [0.15, 0.2) is 79.3 Å². The first-order valence-electron chi connectivity index (χ1n) is 28.6. The summed E-state index contributed by atoms with van der Waals surface area (Å²) in [6.45, 7) is 6.95. The molecule has 4 aromatic rings. The van der Waals surface area contributed by atoms with E-state index in [1.807, 2.05) is 19.2 Å². The smallest absolute Gasteiger partial charge is 0.407 e. The number of ether oxygens (including phenoxy) is 5. The Kier molecular flexibility index (Phi) is 26.9. The van der Waals surface area contributed by atoms with Crippen LogP contribution in [0.4, 0.5) is 32.5 Å². The minimum Gasteiger partial charge on any atom is -0.445 e. The lowest BCUT2D eigenvalue weighted by Crippen LogP contribution is -2.54. The average molecular weight is 1180 g/mol. The van der Waals surface area contributed by atoms with Gasteiger partial charge in [0.15, 0.2) is 11.5 Å². The molecule has 2 atom stereocenters. The third-order valence-electron chi connectivity index (χ3n) is 13.7. The van der Waals surface area contributed by atoms with Crippen molar-refractivity contribution in [2.24, 2.45) is 11.7 Å². The highest BCUT2D eigenvalue weighted by Crippen LogP contribution is 2.28. The fraction of sp³-hybridized carbons (Fsp3) is 0.475. The van der Waals surface area contributed by atoms with Crippen LogP contribution in [-0.4, -0.2) is 166 Å². The summed E-state index contributed by atoms with van der Waals surface area (Å²) in [5, 5.41) is 16.5. The highest BCUT2D eigenvalue weighted by molar-refractivity contribution is 6.13. The number of imide groups is 1. The van der Waals surface area contributed by atoms with Crippen LogP contribution in [0.2, 0.25) is 0 Å². The summed E-state index contributed by atoms with van der Waals surface area (Å²) in [6, 6.07) is 11.9. The summed E-state index contributed by atoms with van der Waals surface area (Å²) in [5.74, 6) is -3.06. The minimum atomic E-state index is -1.06. The molecule has 0 saturated carbocycles. The molecule has 458 valence electrons. The number of hydrogen-bond donors (Lipinski definition) is 8. The molecule has 26 heteroatoms. The summed E-state index contributed by atoms with van der Waals surface area (Å²) in [6.07, 6.45) is 12.1. The van der Waals surface area contributed by atoms with Crippen molar-refractivity contribution < 1.29 is 62.0 Å². The Morgan fingerprint density at radius 1 is 0.776 bits per heavy atom.